The highest BCUT2D eigenvalue weighted by Gasteiger charge is 2.32. The fourth-order valence-corrected chi connectivity index (χ4v) is 2.32. The van der Waals surface area contributed by atoms with Gasteiger partial charge in [-0.15, -0.1) is 0 Å². The summed E-state index contributed by atoms with van der Waals surface area (Å²) in [5.74, 6) is -0.937. The lowest BCUT2D eigenvalue weighted by molar-refractivity contribution is -0.137. The number of benzene rings is 1. The number of pyridine rings is 1. The lowest BCUT2D eigenvalue weighted by atomic mass is 9.96. The van der Waals surface area contributed by atoms with E-state index in [0.717, 1.165) is 6.07 Å². The lowest BCUT2D eigenvalue weighted by Crippen LogP contribution is -2.09. The molecule has 108 valence electrons. The number of nitriles is 1. The summed E-state index contributed by atoms with van der Waals surface area (Å²) in [6.07, 6.45) is -3.88. The topological polar surface area (TPSA) is 36.7 Å². The second-order valence-corrected chi connectivity index (χ2v) is 4.99. The van der Waals surface area contributed by atoms with Gasteiger partial charge in [-0.1, -0.05) is 41.4 Å². The van der Waals surface area contributed by atoms with Gasteiger partial charge in [0.2, 0.25) is 0 Å². The van der Waals surface area contributed by atoms with Crippen LogP contribution in [0.25, 0.3) is 0 Å². The van der Waals surface area contributed by atoms with Crippen molar-refractivity contribution in [2.75, 3.05) is 0 Å². The van der Waals surface area contributed by atoms with Crippen LogP contribution in [0.4, 0.5) is 13.2 Å². The number of rotatable bonds is 2. The zero-order valence-electron chi connectivity index (χ0n) is 10.3. The Morgan fingerprint density at radius 2 is 1.81 bits per heavy atom. The highest BCUT2D eigenvalue weighted by atomic mass is 35.5. The number of alkyl halides is 3. The first-order valence-electron chi connectivity index (χ1n) is 5.71. The molecule has 0 aliphatic heterocycles. The van der Waals surface area contributed by atoms with Crippen molar-refractivity contribution in [3.05, 3.63) is 63.4 Å². The number of hydrogen-bond acceptors (Lipinski definition) is 2. The number of aromatic nitrogens is 1. The molecule has 0 amide bonds. The van der Waals surface area contributed by atoms with E-state index >= 15 is 0 Å². The third kappa shape index (κ3) is 3.29. The molecule has 0 fully saturated rings. The van der Waals surface area contributed by atoms with E-state index in [0.29, 0.717) is 16.8 Å². The van der Waals surface area contributed by atoms with Gasteiger partial charge in [-0.3, -0.25) is 4.98 Å². The van der Waals surface area contributed by atoms with Crippen LogP contribution < -0.4 is 0 Å². The molecule has 1 aromatic heterocycles. The Kier molecular flexibility index (Phi) is 4.40. The third-order valence-corrected chi connectivity index (χ3v) is 3.46. The first-order chi connectivity index (χ1) is 9.84. The molecule has 0 saturated carbocycles. The Labute approximate surface area is 128 Å². The summed E-state index contributed by atoms with van der Waals surface area (Å²) >= 11 is 11.9. The highest BCUT2D eigenvalue weighted by molar-refractivity contribution is 6.32. The summed E-state index contributed by atoms with van der Waals surface area (Å²) < 4.78 is 37.8. The van der Waals surface area contributed by atoms with E-state index in [4.69, 9.17) is 23.2 Å². The summed E-state index contributed by atoms with van der Waals surface area (Å²) in [6.45, 7) is 0. The fraction of sp³-hybridized carbons (Fsp3) is 0.143. The van der Waals surface area contributed by atoms with Gasteiger partial charge in [-0.25, -0.2) is 0 Å². The van der Waals surface area contributed by atoms with Gasteiger partial charge in [0.05, 0.1) is 22.3 Å². The van der Waals surface area contributed by atoms with Crippen LogP contribution in [0.1, 0.15) is 22.7 Å². The van der Waals surface area contributed by atoms with Gasteiger partial charge >= 0.3 is 6.18 Å². The summed E-state index contributed by atoms with van der Waals surface area (Å²) in [7, 11) is 0. The molecule has 0 unspecified atom stereocenters. The Balaban J connectivity index is 2.50. The van der Waals surface area contributed by atoms with Crippen LogP contribution in [0.15, 0.2) is 36.5 Å². The zero-order chi connectivity index (χ0) is 15.6. The quantitative estimate of drug-likeness (QED) is 0.771. The molecule has 0 radical (unpaired) electrons. The number of hydrogen-bond donors (Lipinski definition) is 0. The molecule has 0 spiro atoms. The number of halogens is 5. The maximum atomic E-state index is 12.6. The van der Waals surface area contributed by atoms with Crippen molar-refractivity contribution in [3.63, 3.8) is 0 Å². The molecule has 1 atom stereocenters. The predicted molar refractivity (Wildman–Crippen MR) is 73.2 cm³/mol. The van der Waals surface area contributed by atoms with Crippen molar-refractivity contribution < 1.29 is 13.2 Å². The smallest absolute Gasteiger partial charge is 0.257 e. The second-order valence-electron chi connectivity index (χ2n) is 4.17. The van der Waals surface area contributed by atoms with Crippen molar-refractivity contribution >= 4 is 23.2 Å². The molecule has 1 heterocycles. The normalized spacial score (nSPS) is 12.8. The molecule has 21 heavy (non-hydrogen) atoms. The molecule has 0 saturated heterocycles. The van der Waals surface area contributed by atoms with Crippen LogP contribution in [0.2, 0.25) is 10.0 Å². The second kappa shape index (κ2) is 5.92. The molecule has 2 aromatic rings. The maximum Gasteiger partial charge on any atom is 0.417 e. The van der Waals surface area contributed by atoms with Crippen LogP contribution >= 0.6 is 23.2 Å². The van der Waals surface area contributed by atoms with Gasteiger partial charge in [0.1, 0.15) is 5.92 Å². The Hall–Kier alpha value is -1.77. The van der Waals surface area contributed by atoms with E-state index in [1.165, 1.54) is 0 Å². The zero-order valence-corrected chi connectivity index (χ0v) is 11.8. The van der Waals surface area contributed by atoms with Crippen LogP contribution in [0.3, 0.4) is 0 Å². The largest absolute Gasteiger partial charge is 0.417 e. The minimum Gasteiger partial charge on any atom is -0.257 e. The monoisotopic (exact) mass is 330 g/mol. The average molecular weight is 331 g/mol. The van der Waals surface area contributed by atoms with E-state index < -0.39 is 17.7 Å². The van der Waals surface area contributed by atoms with Gasteiger partial charge < -0.3 is 0 Å². The molecule has 0 aliphatic carbocycles. The first-order valence-corrected chi connectivity index (χ1v) is 6.47. The molecule has 0 aliphatic rings. The predicted octanol–water partition coefficient (Wildman–Crippen LogP) is 5.06. The highest BCUT2D eigenvalue weighted by Crippen LogP contribution is 2.36. The van der Waals surface area contributed by atoms with E-state index in [-0.39, 0.29) is 10.7 Å². The lowest BCUT2D eigenvalue weighted by Gasteiger charge is -2.14. The van der Waals surface area contributed by atoms with Crippen molar-refractivity contribution in [1.29, 1.82) is 5.26 Å². The van der Waals surface area contributed by atoms with Gasteiger partial charge in [-0.2, -0.15) is 18.4 Å². The van der Waals surface area contributed by atoms with Gasteiger partial charge in [0.25, 0.3) is 0 Å². The van der Waals surface area contributed by atoms with E-state index in [1.54, 1.807) is 24.3 Å². The van der Waals surface area contributed by atoms with E-state index in [2.05, 4.69) is 4.98 Å². The Morgan fingerprint density at radius 1 is 1.14 bits per heavy atom. The molecule has 0 N–H and O–H groups in total. The summed E-state index contributed by atoms with van der Waals surface area (Å²) in [5.41, 5.74) is -0.483. The fourth-order valence-electron chi connectivity index (χ4n) is 1.80. The molecular formula is C14H7Cl2F3N2. The minimum atomic E-state index is -4.54. The average Bonchev–Trinajstić information content (AvgIpc) is 2.42. The third-order valence-electron chi connectivity index (χ3n) is 2.82. The van der Waals surface area contributed by atoms with Crippen molar-refractivity contribution in [2.24, 2.45) is 0 Å². The van der Waals surface area contributed by atoms with E-state index in [9.17, 15) is 18.4 Å². The van der Waals surface area contributed by atoms with Gasteiger partial charge in [0.15, 0.2) is 0 Å². The van der Waals surface area contributed by atoms with Crippen molar-refractivity contribution in [3.8, 4) is 6.07 Å². The SMILES string of the molecule is N#C[C@@H](c1ccccc1Cl)c1ncc(C(F)(F)F)cc1Cl. The van der Waals surface area contributed by atoms with Crippen LogP contribution in [0.5, 0.6) is 0 Å². The van der Waals surface area contributed by atoms with Crippen molar-refractivity contribution in [2.45, 2.75) is 12.1 Å². The van der Waals surface area contributed by atoms with Crippen LogP contribution in [-0.2, 0) is 6.18 Å². The summed E-state index contributed by atoms with van der Waals surface area (Å²) in [4.78, 5) is 3.70. The standard InChI is InChI=1S/C14H7Cl2F3N2/c15-11-4-2-1-3-9(11)10(6-20)13-12(16)5-8(7-21-13)14(17,18)19/h1-5,7,10H/t10-/m0/s1. The Morgan fingerprint density at radius 3 is 2.33 bits per heavy atom. The maximum absolute atomic E-state index is 12.6. The van der Waals surface area contributed by atoms with Crippen LogP contribution in [0, 0.1) is 11.3 Å². The molecule has 7 heteroatoms. The van der Waals surface area contributed by atoms with Gasteiger partial charge in [0, 0.05) is 11.2 Å². The summed E-state index contributed by atoms with van der Waals surface area (Å²) in [6, 6.07) is 9.26. The molecule has 2 nitrogen and oxygen atoms in total. The molecule has 2 rings (SSSR count). The van der Waals surface area contributed by atoms with Crippen LogP contribution in [-0.4, -0.2) is 4.98 Å². The Bertz CT molecular complexity index is 708. The van der Waals surface area contributed by atoms with Crippen molar-refractivity contribution in [1.82, 2.24) is 4.98 Å². The first kappa shape index (κ1) is 15.6. The van der Waals surface area contributed by atoms with E-state index in [1.807, 2.05) is 6.07 Å². The molecule has 1 aromatic carbocycles. The van der Waals surface area contributed by atoms with Gasteiger partial charge in [-0.05, 0) is 17.7 Å². The molecular weight excluding hydrogens is 324 g/mol. The number of nitrogens with zero attached hydrogens (tertiary/aromatic N) is 2. The molecule has 0 bridgehead atoms. The summed E-state index contributed by atoms with van der Waals surface area (Å²) in [5, 5.41) is 9.38. The minimum absolute atomic E-state index is 0.0419.